The summed E-state index contributed by atoms with van der Waals surface area (Å²) in [6.07, 6.45) is -0.134. The summed E-state index contributed by atoms with van der Waals surface area (Å²) in [5.74, 6) is 0.965. The number of carboxylic acid groups (broad SMARTS) is 1. The Kier molecular flexibility index (Phi) is 10.7. The molecular formula is C26H34N6O7S. The first kappa shape index (κ1) is 30.2. The topological polar surface area (TPSA) is 157 Å². The molecule has 3 aromatic rings. The highest BCUT2D eigenvalue weighted by atomic mass is 32.1. The Labute approximate surface area is 236 Å². The van der Waals surface area contributed by atoms with Gasteiger partial charge in [-0.25, -0.2) is 4.79 Å². The molecule has 13 nitrogen and oxygen atoms in total. The van der Waals surface area contributed by atoms with Crippen molar-refractivity contribution < 1.29 is 33.6 Å². The van der Waals surface area contributed by atoms with Gasteiger partial charge in [0.25, 0.3) is 11.1 Å². The molecule has 0 aliphatic heterocycles. The van der Waals surface area contributed by atoms with Gasteiger partial charge in [-0.3, -0.25) is 4.79 Å². The van der Waals surface area contributed by atoms with Crippen LogP contribution in [0.2, 0.25) is 0 Å². The van der Waals surface area contributed by atoms with Gasteiger partial charge in [0.2, 0.25) is 17.7 Å². The van der Waals surface area contributed by atoms with Crippen LogP contribution in [-0.4, -0.2) is 76.9 Å². The molecule has 40 heavy (non-hydrogen) atoms. The summed E-state index contributed by atoms with van der Waals surface area (Å²) in [4.78, 5) is 38.5. The van der Waals surface area contributed by atoms with Gasteiger partial charge in [-0.1, -0.05) is 24.3 Å². The van der Waals surface area contributed by atoms with E-state index < -0.39 is 12.0 Å². The molecule has 0 unspecified atom stereocenters. The number of amides is 2. The number of nitrogens with one attached hydrogen (secondary N) is 2. The van der Waals surface area contributed by atoms with E-state index in [4.69, 9.17) is 18.9 Å². The molecule has 2 aromatic heterocycles. The van der Waals surface area contributed by atoms with Crippen LogP contribution in [0.5, 0.6) is 28.5 Å². The molecule has 0 fully saturated rings. The van der Waals surface area contributed by atoms with Crippen molar-refractivity contribution in [2.75, 3.05) is 44.5 Å². The molecule has 0 aliphatic rings. The third-order valence-corrected chi connectivity index (χ3v) is 6.24. The van der Waals surface area contributed by atoms with Crippen LogP contribution in [0.3, 0.4) is 0 Å². The van der Waals surface area contributed by atoms with Gasteiger partial charge >= 0.3 is 6.09 Å². The van der Waals surface area contributed by atoms with Gasteiger partial charge in [0, 0.05) is 30.6 Å². The van der Waals surface area contributed by atoms with Crippen LogP contribution >= 0.6 is 11.3 Å². The molecule has 216 valence electrons. The van der Waals surface area contributed by atoms with E-state index in [1.807, 2.05) is 26.0 Å². The number of hydrogen-bond acceptors (Lipinski definition) is 11. The van der Waals surface area contributed by atoms with E-state index in [2.05, 4.69) is 25.6 Å². The van der Waals surface area contributed by atoms with E-state index in [0.29, 0.717) is 18.1 Å². The normalized spacial score (nSPS) is 10.7. The summed E-state index contributed by atoms with van der Waals surface area (Å²) in [6, 6.07) is 5.37. The second-order valence-corrected chi connectivity index (χ2v) is 9.59. The first-order valence-corrected chi connectivity index (χ1v) is 13.5. The molecule has 0 spiro atoms. The molecule has 1 aromatic carbocycles. The van der Waals surface area contributed by atoms with Crippen molar-refractivity contribution in [1.29, 1.82) is 0 Å². The third kappa shape index (κ3) is 7.85. The SMILES string of the molecule is CCCOc1ccc(C)c(Oc2nc(C(=O)Nc3c(OC)nc(NCCN(C(=O)O)C(C)C)nc3OC)cs2)c1. The molecular weight excluding hydrogens is 540 g/mol. The van der Waals surface area contributed by atoms with Gasteiger partial charge in [0.1, 0.15) is 17.2 Å². The van der Waals surface area contributed by atoms with Crippen LogP contribution in [0.1, 0.15) is 43.2 Å². The Hall–Kier alpha value is -4.33. The maximum absolute atomic E-state index is 13.0. The lowest BCUT2D eigenvalue weighted by Crippen LogP contribution is -2.39. The number of hydrogen-bond donors (Lipinski definition) is 3. The summed E-state index contributed by atoms with van der Waals surface area (Å²) in [5.41, 5.74) is 1.12. The number of aryl methyl sites for hydroxylation is 1. The molecule has 14 heteroatoms. The van der Waals surface area contributed by atoms with Crippen molar-refractivity contribution >= 4 is 35.0 Å². The van der Waals surface area contributed by atoms with Gasteiger partial charge in [-0.15, -0.1) is 0 Å². The minimum absolute atomic E-state index is 0.0490. The van der Waals surface area contributed by atoms with E-state index >= 15 is 0 Å². The number of aromatic nitrogens is 3. The number of thiazole rings is 1. The summed E-state index contributed by atoms with van der Waals surface area (Å²) >= 11 is 1.17. The van der Waals surface area contributed by atoms with Crippen molar-refractivity contribution in [2.45, 2.75) is 40.2 Å². The zero-order chi connectivity index (χ0) is 29.2. The summed E-state index contributed by atoms with van der Waals surface area (Å²) in [7, 11) is 2.78. The first-order valence-electron chi connectivity index (χ1n) is 12.6. The standard InChI is InChI=1S/C26H34N6O7S/c1-7-12-38-17-9-8-16(4)19(13-17)39-25-28-18(14-40-25)21(33)29-20-22(36-5)30-24(31-23(20)37-6)27-10-11-32(15(2)3)26(34)35/h8-9,13-15H,7,10-12H2,1-6H3,(H,29,33)(H,34,35)(H,27,30,31). The zero-order valence-corrected chi connectivity index (χ0v) is 24.1. The van der Waals surface area contributed by atoms with Crippen molar-refractivity contribution in [3.63, 3.8) is 0 Å². The lowest BCUT2D eigenvalue weighted by atomic mass is 10.2. The average molecular weight is 575 g/mol. The van der Waals surface area contributed by atoms with Gasteiger partial charge in [0.05, 0.1) is 20.8 Å². The fourth-order valence-corrected chi connectivity index (χ4v) is 4.11. The van der Waals surface area contributed by atoms with Crippen molar-refractivity contribution in [2.24, 2.45) is 0 Å². The lowest BCUT2D eigenvalue weighted by Gasteiger charge is -2.23. The molecule has 3 N–H and O–H groups in total. The molecule has 0 bridgehead atoms. The molecule has 0 radical (unpaired) electrons. The fourth-order valence-electron chi connectivity index (χ4n) is 3.45. The maximum atomic E-state index is 13.0. The zero-order valence-electron chi connectivity index (χ0n) is 23.3. The molecule has 2 heterocycles. The molecule has 0 aliphatic carbocycles. The Morgan fingerprint density at radius 3 is 2.42 bits per heavy atom. The number of anilines is 2. The Bertz CT molecular complexity index is 1290. The second-order valence-electron chi connectivity index (χ2n) is 8.77. The van der Waals surface area contributed by atoms with E-state index in [1.165, 1.54) is 30.5 Å². The van der Waals surface area contributed by atoms with Gasteiger partial charge in [-0.2, -0.15) is 15.0 Å². The molecule has 3 rings (SSSR count). The monoisotopic (exact) mass is 574 g/mol. The van der Waals surface area contributed by atoms with Crippen molar-refractivity contribution in [1.82, 2.24) is 19.9 Å². The first-order chi connectivity index (χ1) is 19.2. The van der Waals surface area contributed by atoms with E-state index in [1.54, 1.807) is 25.3 Å². The number of nitrogens with zero attached hydrogens (tertiary/aromatic N) is 4. The fraction of sp³-hybridized carbons (Fsp3) is 0.423. The van der Waals surface area contributed by atoms with Gasteiger partial charge in [0.15, 0.2) is 5.69 Å². The van der Waals surface area contributed by atoms with Crippen LogP contribution in [-0.2, 0) is 0 Å². The van der Waals surface area contributed by atoms with Crippen molar-refractivity contribution in [3.05, 3.63) is 34.8 Å². The highest BCUT2D eigenvalue weighted by Gasteiger charge is 2.22. The predicted molar refractivity (Wildman–Crippen MR) is 151 cm³/mol. The number of carbonyl (C=O) groups excluding carboxylic acids is 1. The van der Waals surface area contributed by atoms with Crippen molar-refractivity contribution in [3.8, 4) is 28.5 Å². The predicted octanol–water partition coefficient (Wildman–Crippen LogP) is 4.89. The van der Waals surface area contributed by atoms with Crippen LogP contribution in [0.4, 0.5) is 16.4 Å². The van der Waals surface area contributed by atoms with Crippen LogP contribution in [0.25, 0.3) is 0 Å². The number of carbonyl (C=O) groups is 2. The largest absolute Gasteiger partial charge is 0.493 e. The lowest BCUT2D eigenvalue weighted by molar-refractivity contribution is 0.102. The van der Waals surface area contributed by atoms with Crippen LogP contribution < -0.4 is 29.6 Å². The quantitative estimate of drug-likeness (QED) is 0.241. The van der Waals surface area contributed by atoms with Crippen LogP contribution in [0, 0.1) is 6.92 Å². The van der Waals surface area contributed by atoms with Gasteiger partial charge in [-0.05, 0) is 38.8 Å². The maximum Gasteiger partial charge on any atom is 0.407 e. The highest BCUT2D eigenvalue weighted by Crippen LogP contribution is 2.34. The number of benzene rings is 1. The molecule has 0 atom stereocenters. The van der Waals surface area contributed by atoms with E-state index in [0.717, 1.165) is 12.0 Å². The Morgan fingerprint density at radius 1 is 1.12 bits per heavy atom. The summed E-state index contributed by atoms with van der Waals surface area (Å²) < 4.78 is 22.3. The minimum Gasteiger partial charge on any atom is -0.493 e. The average Bonchev–Trinajstić information content (AvgIpc) is 3.40. The van der Waals surface area contributed by atoms with Gasteiger partial charge < -0.3 is 39.6 Å². The molecule has 0 saturated carbocycles. The highest BCUT2D eigenvalue weighted by molar-refractivity contribution is 7.11. The smallest absolute Gasteiger partial charge is 0.407 e. The minimum atomic E-state index is -1.02. The molecule has 0 saturated heterocycles. The molecule has 2 amide bonds. The number of rotatable bonds is 14. The third-order valence-electron chi connectivity index (χ3n) is 5.52. The number of ether oxygens (including phenoxy) is 4. The summed E-state index contributed by atoms with van der Waals surface area (Å²) in [6.45, 7) is 8.56. The van der Waals surface area contributed by atoms with E-state index in [9.17, 15) is 14.7 Å². The Balaban J connectivity index is 1.71. The Morgan fingerprint density at radius 2 is 1.82 bits per heavy atom. The second kappa shape index (κ2) is 14.2. The van der Waals surface area contributed by atoms with Crippen LogP contribution in [0.15, 0.2) is 23.6 Å². The van der Waals surface area contributed by atoms with E-state index in [-0.39, 0.29) is 53.4 Å². The number of methoxy groups -OCH3 is 2. The summed E-state index contributed by atoms with van der Waals surface area (Å²) in [5, 5.41) is 16.8.